The molecule has 0 amide bonds. The zero-order valence-electron chi connectivity index (χ0n) is 44.8. The molecular weight excluding hydrogens is 997 g/mol. The minimum atomic E-state index is 0. The van der Waals surface area contributed by atoms with Crippen LogP contribution in [0.1, 0.15) is 71.1 Å². The van der Waals surface area contributed by atoms with E-state index in [0.717, 1.165) is 67.1 Å². The largest absolute Gasteiger partial charge is 0.310 e. The lowest BCUT2D eigenvalue weighted by atomic mass is 9.89. The fraction of sp³-hybridized carbons (Fsp3) is 0.105. The number of fused-ring (bicyclic) bond motifs is 12. The van der Waals surface area contributed by atoms with Crippen LogP contribution in [-0.2, 0) is 0 Å². The average Bonchev–Trinajstić information content (AvgIpc) is 2.37. The highest BCUT2D eigenvalue weighted by Crippen LogP contribution is 2.56. The Morgan fingerprint density at radius 3 is 1.11 bits per heavy atom. The summed E-state index contributed by atoms with van der Waals surface area (Å²) < 4.78 is 5.17. The van der Waals surface area contributed by atoms with Crippen LogP contribution >= 0.6 is 0 Å². The molecule has 15 aromatic rings. The molecule has 4 heterocycles. The molecule has 0 radical (unpaired) electrons. The van der Waals surface area contributed by atoms with Gasteiger partial charge in [0.25, 0.3) is 0 Å². The van der Waals surface area contributed by atoms with Crippen LogP contribution < -0.4 is 9.80 Å². The third-order valence-corrected chi connectivity index (χ3v) is 16.7. The number of hydrogen-bond acceptors (Lipinski definition) is 3. The summed E-state index contributed by atoms with van der Waals surface area (Å²) in [6.07, 6.45) is 0. The summed E-state index contributed by atoms with van der Waals surface area (Å²) in [7, 11) is 0. The summed E-state index contributed by atoms with van der Waals surface area (Å²) in [5, 5.41) is 19.4. The number of nitrogens with zero attached hydrogens (tertiary/aromatic N) is 6. The molecule has 0 N–H and O–H groups in total. The molecule has 11 aromatic carbocycles. The van der Waals surface area contributed by atoms with Crippen molar-refractivity contribution in [2.75, 3.05) is 9.80 Å². The van der Waals surface area contributed by atoms with Gasteiger partial charge in [0.1, 0.15) is 0 Å². The number of nitriles is 1. The van der Waals surface area contributed by atoms with Crippen LogP contribution in [0.25, 0.3) is 103 Å². The molecule has 6 heteroatoms. The maximum atomic E-state index is 9.91. The van der Waals surface area contributed by atoms with Gasteiger partial charge >= 0.3 is 0 Å². The number of anilines is 6. The Balaban J connectivity index is 0.00000316. The predicted octanol–water partition coefficient (Wildman–Crippen LogP) is 22.2. The fourth-order valence-corrected chi connectivity index (χ4v) is 13.1. The number of rotatable bonds is 10. The van der Waals surface area contributed by atoms with Gasteiger partial charge in [-0.15, -0.1) is 0 Å². The van der Waals surface area contributed by atoms with E-state index in [0.29, 0.717) is 23.1 Å². The van der Waals surface area contributed by atoms with Gasteiger partial charge in [-0.1, -0.05) is 188 Å². The lowest BCUT2D eigenvalue weighted by Crippen LogP contribution is -2.10. The fourth-order valence-electron chi connectivity index (χ4n) is 13.1. The Bertz CT molecular complexity index is 4660. The summed E-state index contributed by atoms with van der Waals surface area (Å²) >= 11 is 0. The Morgan fingerprint density at radius 1 is 0.390 bits per heavy atom. The van der Waals surface area contributed by atoms with Crippen molar-refractivity contribution >= 4 is 116 Å². The van der Waals surface area contributed by atoms with Gasteiger partial charge < -0.3 is 18.6 Å². The van der Waals surface area contributed by atoms with Crippen LogP contribution in [0.3, 0.4) is 0 Å². The topological polar surface area (TPSA) is 43.5 Å². The molecule has 0 aliphatic carbocycles. The maximum Gasteiger partial charge on any atom is 0.187 e. The molecule has 0 aliphatic heterocycles. The first-order valence-electron chi connectivity index (χ1n) is 27.6. The van der Waals surface area contributed by atoms with Crippen LogP contribution in [0.4, 0.5) is 39.8 Å². The van der Waals surface area contributed by atoms with Gasteiger partial charge in [-0.25, -0.2) is 4.85 Å². The molecule has 15 rings (SSSR count). The van der Waals surface area contributed by atoms with Gasteiger partial charge in [-0.05, 0) is 119 Å². The quantitative estimate of drug-likeness (QED) is 0.128. The zero-order chi connectivity index (χ0) is 53.9. The normalized spacial score (nSPS) is 11.7. The van der Waals surface area contributed by atoms with Crippen molar-refractivity contribution in [1.29, 1.82) is 5.26 Å². The van der Waals surface area contributed by atoms with Gasteiger partial charge in [-0.3, -0.25) is 0 Å². The second-order valence-corrected chi connectivity index (χ2v) is 21.8. The monoisotopic (exact) mass is 1060 g/mol. The SMILES string of the molecule is C.C.[C-]#[N+]c1ccc(N(c2ccc(C(C)C)cc2)c2cccc3c2c2cccc4c5c(-c6ccccc6)c6c(c(-c7ccccc7)c5n3c24)c2cccc3c4c(N(c5ccc(C#N)cc5)c5ccc(C(C)C)cc5)cccc4n6c32)cc1. The van der Waals surface area contributed by atoms with Crippen molar-refractivity contribution in [2.45, 2.75) is 54.4 Å². The molecule has 0 unspecified atom stereocenters. The molecule has 0 bridgehead atoms. The molecule has 0 spiro atoms. The van der Waals surface area contributed by atoms with E-state index >= 15 is 0 Å². The van der Waals surface area contributed by atoms with Gasteiger partial charge in [0.15, 0.2) is 5.69 Å². The summed E-state index contributed by atoms with van der Waals surface area (Å²) in [4.78, 5) is 8.49. The lowest BCUT2D eigenvalue weighted by Gasteiger charge is -2.27. The van der Waals surface area contributed by atoms with E-state index in [2.05, 4.69) is 263 Å². The molecular formula is C76H60N6. The minimum absolute atomic E-state index is 0. The summed E-state index contributed by atoms with van der Waals surface area (Å²) in [6.45, 7) is 16.7. The number of aromatic nitrogens is 2. The van der Waals surface area contributed by atoms with Gasteiger partial charge in [0.2, 0.25) is 0 Å². The van der Waals surface area contributed by atoms with E-state index in [1.165, 1.54) is 76.6 Å². The Kier molecular flexibility index (Phi) is 12.3. The lowest BCUT2D eigenvalue weighted by molar-refractivity contribution is 0.866. The smallest absolute Gasteiger partial charge is 0.187 e. The Morgan fingerprint density at radius 2 is 0.744 bits per heavy atom. The standard InChI is InChI=1S/C74H52N6.2CH4/c1-45(2)48-30-38-54(39-31-48)77(53-36-28-47(44-75)29-37-53)61-24-14-26-63-67(61)57-20-12-22-59-69-66(51-18-10-7-11-19-51)74-70(65(50-16-8-6-9-17-50)73(69)79(63)71(57)59)60-23-13-21-58-68-62(25-15-27-64(68)80(74)72(58)60)78(56-42-34-52(76-5)35-43-56)55-40-32-49(33-41-55)46(3)4;;/h6-43,45-46H,1-4H3;2*1H4. The average molecular weight is 1060 g/mol. The van der Waals surface area contributed by atoms with E-state index in [1.54, 1.807) is 0 Å². The second kappa shape index (κ2) is 19.7. The zero-order valence-corrected chi connectivity index (χ0v) is 44.8. The first-order valence-corrected chi connectivity index (χ1v) is 27.6. The molecule has 4 aromatic heterocycles. The highest BCUT2D eigenvalue weighted by Gasteiger charge is 2.32. The predicted molar refractivity (Wildman–Crippen MR) is 349 cm³/mol. The third-order valence-electron chi connectivity index (χ3n) is 16.7. The van der Waals surface area contributed by atoms with Crippen LogP contribution in [0.15, 0.2) is 231 Å². The summed E-state index contributed by atoms with van der Waals surface area (Å²) in [5.41, 5.74) is 21.6. The van der Waals surface area contributed by atoms with E-state index in [-0.39, 0.29) is 14.9 Å². The van der Waals surface area contributed by atoms with E-state index in [1.807, 2.05) is 24.3 Å². The van der Waals surface area contributed by atoms with Crippen LogP contribution in [0.2, 0.25) is 0 Å². The highest BCUT2D eigenvalue weighted by molar-refractivity contribution is 6.39. The van der Waals surface area contributed by atoms with Gasteiger partial charge in [-0.2, -0.15) is 5.26 Å². The van der Waals surface area contributed by atoms with Crippen LogP contribution in [-0.4, -0.2) is 8.80 Å². The Hall–Kier alpha value is -10.4. The molecule has 0 fully saturated rings. The number of para-hydroxylation sites is 2. The van der Waals surface area contributed by atoms with Crippen LogP contribution in [0.5, 0.6) is 0 Å². The summed E-state index contributed by atoms with van der Waals surface area (Å²) in [6, 6.07) is 85.7. The first-order chi connectivity index (χ1) is 39.3. The maximum absolute atomic E-state index is 9.91. The summed E-state index contributed by atoms with van der Waals surface area (Å²) in [5.74, 6) is 0.784. The number of hydrogen-bond donors (Lipinski definition) is 0. The molecule has 0 atom stereocenters. The van der Waals surface area contributed by atoms with E-state index in [4.69, 9.17) is 6.57 Å². The molecule has 0 saturated carbocycles. The van der Waals surface area contributed by atoms with Crippen molar-refractivity contribution in [3.8, 4) is 28.3 Å². The first kappa shape index (κ1) is 51.1. The van der Waals surface area contributed by atoms with E-state index < -0.39 is 0 Å². The molecule has 6 nitrogen and oxygen atoms in total. The second-order valence-electron chi connectivity index (χ2n) is 21.8. The molecule has 0 saturated heterocycles. The van der Waals surface area contributed by atoms with Crippen molar-refractivity contribution in [2.24, 2.45) is 0 Å². The Labute approximate surface area is 478 Å². The van der Waals surface area contributed by atoms with Crippen molar-refractivity contribution in [1.82, 2.24) is 8.80 Å². The van der Waals surface area contributed by atoms with Gasteiger partial charge in [0.05, 0.1) is 62.7 Å². The van der Waals surface area contributed by atoms with Crippen molar-refractivity contribution in [3.63, 3.8) is 0 Å². The van der Waals surface area contributed by atoms with Gasteiger partial charge in [0, 0.05) is 77.0 Å². The molecule has 82 heavy (non-hydrogen) atoms. The van der Waals surface area contributed by atoms with E-state index in [9.17, 15) is 5.26 Å². The molecule has 0 aliphatic rings. The minimum Gasteiger partial charge on any atom is -0.310 e. The number of benzene rings is 11. The van der Waals surface area contributed by atoms with Crippen molar-refractivity contribution < 1.29 is 0 Å². The molecule has 394 valence electrons. The third kappa shape index (κ3) is 7.46. The van der Waals surface area contributed by atoms with Crippen molar-refractivity contribution in [3.05, 3.63) is 259 Å². The highest BCUT2D eigenvalue weighted by atomic mass is 15.2. The van der Waals surface area contributed by atoms with Crippen LogP contribution in [0, 0.1) is 17.9 Å².